The molecule has 0 spiro atoms. The number of benzene rings is 2. The fourth-order valence-corrected chi connectivity index (χ4v) is 1.81. The van der Waals surface area contributed by atoms with Gasteiger partial charge in [0.2, 0.25) is 0 Å². The number of nitrogen functional groups attached to an aromatic ring is 1. The minimum atomic E-state index is -0.491. The normalized spacial score (nSPS) is 10.4. The van der Waals surface area contributed by atoms with Crippen molar-refractivity contribution in [3.8, 4) is 11.5 Å². The fourth-order valence-electron chi connectivity index (χ4n) is 1.70. The van der Waals surface area contributed by atoms with Crippen molar-refractivity contribution in [1.29, 1.82) is 0 Å². The lowest BCUT2D eigenvalue weighted by Crippen LogP contribution is -1.96. The molecule has 0 aliphatic rings. The van der Waals surface area contributed by atoms with E-state index in [0.29, 0.717) is 16.5 Å². The molecule has 0 heterocycles. The van der Waals surface area contributed by atoms with E-state index in [1.165, 1.54) is 6.07 Å². The second-order valence-corrected chi connectivity index (χ2v) is 4.50. The smallest absolute Gasteiger partial charge is 0.153 e. The van der Waals surface area contributed by atoms with Gasteiger partial charge in [0, 0.05) is 5.02 Å². The molecule has 2 rings (SSSR count). The van der Waals surface area contributed by atoms with Crippen LogP contribution in [0.25, 0.3) is 0 Å². The van der Waals surface area contributed by atoms with Gasteiger partial charge >= 0.3 is 0 Å². The predicted molar refractivity (Wildman–Crippen MR) is 71.8 cm³/mol. The van der Waals surface area contributed by atoms with Crippen LogP contribution in [0.15, 0.2) is 30.3 Å². The Morgan fingerprint density at radius 3 is 2.39 bits per heavy atom. The number of hydrogen-bond acceptors (Lipinski definition) is 2. The number of hydrogen-bond donors (Lipinski definition) is 1. The first kappa shape index (κ1) is 12.7. The first-order valence-corrected chi connectivity index (χ1v) is 5.85. The molecular weight excluding hydrogens is 253 g/mol. The topological polar surface area (TPSA) is 35.2 Å². The Morgan fingerprint density at radius 2 is 1.78 bits per heavy atom. The van der Waals surface area contributed by atoms with Gasteiger partial charge in [-0.3, -0.25) is 0 Å². The third-order valence-corrected chi connectivity index (χ3v) is 3.25. The highest BCUT2D eigenvalue weighted by Crippen LogP contribution is 2.32. The molecule has 0 aliphatic carbocycles. The molecule has 94 valence electrons. The lowest BCUT2D eigenvalue weighted by Gasteiger charge is -2.11. The summed E-state index contributed by atoms with van der Waals surface area (Å²) in [7, 11) is 0. The predicted octanol–water partition coefficient (Wildman–Crippen LogP) is 4.47. The number of halogens is 2. The summed E-state index contributed by atoms with van der Waals surface area (Å²) in [5.41, 5.74) is 7.42. The van der Waals surface area contributed by atoms with Gasteiger partial charge < -0.3 is 10.5 Å². The van der Waals surface area contributed by atoms with Gasteiger partial charge in [-0.15, -0.1) is 0 Å². The van der Waals surface area contributed by atoms with E-state index in [9.17, 15) is 4.39 Å². The van der Waals surface area contributed by atoms with Gasteiger partial charge in [-0.1, -0.05) is 17.7 Å². The fraction of sp³-hybridized carbons (Fsp3) is 0.143. The molecule has 0 bridgehead atoms. The summed E-state index contributed by atoms with van der Waals surface area (Å²) < 4.78 is 18.9. The third kappa shape index (κ3) is 2.41. The van der Waals surface area contributed by atoms with Crippen molar-refractivity contribution in [2.24, 2.45) is 0 Å². The Hall–Kier alpha value is -1.74. The standard InChI is InChI=1S/C14H13ClFNO/c1-8-6-10(7-9(2)13(8)15)18-12-5-3-4-11(16)14(12)17/h3-7H,17H2,1-2H3. The molecule has 0 unspecified atom stereocenters. The number of rotatable bonds is 2. The molecule has 0 radical (unpaired) electrons. The Morgan fingerprint density at radius 1 is 1.17 bits per heavy atom. The van der Waals surface area contributed by atoms with E-state index >= 15 is 0 Å². The zero-order valence-corrected chi connectivity index (χ0v) is 10.9. The van der Waals surface area contributed by atoms with Gasteiger partial charge in [0.25, 0.3) is 0 Å². The number of aryl methyl sites for hydroxylation is 2. The molecule has 2 aromatic carbocycles. The van der Waals surface area contributed by atoms with Gasteiger partial charge in [0.1, 0.15) is 17.3 Å². The van der Waals surface area contributed by atoms with Crippen LogP contribution in [-0.2, 0) is 0 Å². The summed E-state index contributed by atoms with van der Waals surface area (Å²) in [5.74, 6) is 0.401. The van der Waals surface area contributed by atoms with E-state index in [2.05, 4.69) is 0 Å². The van der Waals surface area contributed by atoms with Crippen LogP contribution in [0, 0.1) is 19.7 Å². The second-order valence-electron chi connectivity index (χ2n) is 4.12. The van der Waals surface area contributed by atoms with E-state index < -0.39 is 5.82 Å². The maximum absolute atomic E-state index is 13.3. The second kappa shape index (κ2) is 4.86. The minimum Gasteiger partial charge on any atom is -0.455 e. The van der Waals surface area contributed by atoms with Crippen LogP contribution in [0.4, 0.5) is 10.1 Å². The summed E-state index contributed by atoms with van der Waals surface area (Å²) in [6.07, 6.45) is 0. The average molecular weight is 266 g/mol. The van der Waals surface area contributed by atoms with E-state index in [1.54, 1.807) is 24.3 Å². The molecule has 0 saturated heterocycles. The molecule has 0 amide bonds. The maximum Gasteiger partial charge on any atom is 0.153 e. The Balaban J connectivity index is 2.37. The molecule has 2 N–H and O–H groups in total. The first-order chi connectivity index (χ1) is 8.49. The van der Waals surface area contributed by atoms with Crippen molar-refractivity contribution in [1.82, 2.24) is 0 Å². The molecule has 0 fully saturated rings. The van der Waals surface area contributed by atoms with Gasteiger partial charge in [0.05, 0.1) is 0 Å². The zero-order chi connectivity index (χ0) is 13.3. The summed E-state index contributed by atoms with van der Waals surface area (Å²) in [5, 5.41) is 0.703. The van der Waals surface area contributed by atoms with Crippen molar-refractivity contribution in [2.75, 3.05) is 5.73 Å². The minimum absolute atomic E-state index is 0.00255. The molecular formula is C14H13ClFNO. The van der Waals surface area contributed by atoms with Crippen molar-refractivity contribution >= 4 is 17.3 Å². The lowest BCUT2D eigenvalue weighted by molar-refractivity contribution is 0.479. The zero-order valence-electron chi connectivity index (χ0n) is 10.1. The van der Waals surface area contributed by atoms with Crippen LogP contribution in [0.3, 0.4) is 0 Å². The molecule has 0 saturated carbocycles. The first-order valence-electron chi connectivity index (χ1n) is 5.47. The molecule has 0 aliphatic heterocycles. The monoisotopic (exact) mass is 265 g/mol. The molecule has 4 heteroatoms. The quantitative estimate of drug-likeness (QED) is 0.813. The van der Waals surface area contributed by atoms with Crippen LogP contribution in [0.2, 0.25) is 5.02 Å². The SMILES string of the molecule is Cc1cc(Oc2cccc(F)c2N)cc(C)c1Cl. The van der Waals surface area contributed by atoms with Crippen molar-refractivity contribution < 1.29 is 9.13 Å². The van der Waals surface area contributed by atoms with Gasteiger partial charge in [-0.2, -0.15) is 0 Å². The third-order valence-electron chi connectivity index (χ3n) is 2.65. The Bertz CT molecular complexity index is 575. The highest BCUT2D eigenvalue weighted by Gasteiger charge is 2.08. The van der Waals surface area contributed by atoms with E-state index in [1.807, 2.05) is 13.8 Å². The maximum atomic E-state index is 13.3. The van der Waals surface area contributed by atoms with Crippen LogP contribution < -0.4 is 10.5 Å². The highest BCUT2D eigenvalue weighted by atomic mass is 35.5. The van der Waals surface area contributed by atoms with Crippen LogP contribution in [0.5, 0.6) is 11.5 Å². The van der Waals surface area contributed by atoms with Crippen molar-refractivity contribution in [3.05, 3.63) is 52.3 Å². The van der Waals surface area contributed by atoms with Gasteiger partial charge in [-0.25, -0.2) is 4.39 Å². The number of anilines is 1. The van der Waals surface area contributed by atoms with Crippen LogP contribution >= 0.6 is 11.6 Å². The van der Waals surface area contributed by atoms with Crippen LogP contribution in [0.1, 0.15) is 11.1 Å². The molecule has 2 aromatic rings. The Labute approximate surface area is 110 Å². The highest BCUT2D eigenvalue weighted by molar-refractivity contribution is 6.32. The molecule has 18 heavy (non-hydrogen) atoms. The number of nitrogens with two attached hydrogens (primary N) is 1. The summed E-state index contributed by atoms with van der Waals surface area (Å²) in [6, 6.07) is 8.05. The van der Waals surface area contributed by atoms with Gasteiger partial charge in [0.15, 0.2) is 5.75 Å². The average Bonchev–Trinajstić information content (AvgIpc) is 2.32. The van der Waals surface area contributed by atoms with E-state index in [0.717, 1.165) is 11.1 Å². The van der Waals surface area contributed by atoms with Crippen LogP contribution in [-0.4, -0.2) is 0 Å². The number of para-hydroxylation sites is 1. The van der Waals surface area contributed by atoms with E-state index in [4.69, 9.17) is 22.1 Å². The number of ether oxygens (including phenoxy) is 1. The van der Waals surface area contributed by atoms with E-state index in [-0.39, 0.29) is 5.69 Å². The summed E-state index contributed by atoms with van der Waals surface area (Å²) in [6.45, 7) is 3.77. The largest absolute Gasteiger partial charge is 0.455 e. The van der Waals surface area contributed by atoms with Crippen molar-refractivity contribution in [2.45, 2.75) is 13.8 Å². The lowest BCUT2D eigenvalue weighted by atomic mass is 10.1. The molecule has 0 atom stereocenters. The molecule has 2 nitrogen and oxygen atoms in total. The Kier molecular flexibility index (Phi) is 3.43. The van der Waals surface area contributed by atoms with Gasteiger partial charge in [-0.05, 0) is 49.2 Å². The van der Waals surface area contributed by atoms with Crippen molar-refractivity contribution in [3.63, 3.8) is 0 Å². The molecule has 0 aromatic heterocycles. The summed E-state index contributed by atoms with van der Waals surface area (Å²) in [4.78, 5) is 0. The summed E-state index contributed by atoms with van der Waals surface area (Å²) >= 11 is 6.07.